The lowest BCUT2D eigenvalue weighted by Crippen LogP contribution is -2.41. The Morgan fingerprint density at radius 3 is 2.67 bits per heavy atom. The number of nitrogens with one attached hydrogen (secondary N) is 1. The highest BCUT2D eigenvalue weighted by molar-refractivity contribution is 5.84. The second-order valence-corrected chi connectivity index (χ2v) is 5.58. The molecule has 0 spiro atoms. The van der Waals surface area contributed by atoms with Crippen molar-refractivity contribution in [1.29, 1.82) is 0 Å². The van der Waals surface area contributed by atoms with Crippen LogP contribution in [0.15, 0.2) is 6.33 Å². The fourth-order valence-corrected chi connectivity index (χ4v) is 2.90. The Kier molecular flexibility index (Phi) is 5.53. The minimum atomic E-state index is -0.257. The number of anilines is 1. The van der Waals surface area contributed by atoms with E-state index in [9.17, 15) is 4.79 Å². The molecule has 0 aromatic carbocycles. The topological polar surface area (TPSA) is 58.1 Å². The van der Waals surface area contributed by atoms with Gasteiger partial charge in [0.2, 0.25) is 5.91 Å². The Morgan fingerprint density at radius 2 is 1.95 bits per heavy atom. The Balaban J connectivity index is 2.14. The van der Waals surface area contributed by atoms with E-state index in [0.29, 0.717) is 0 Å². The number of aromatic nitrogens is 2. The van der Waals surface area contributed by atoms with Crippen molar-refractivity contribution < 1.29 is 4.79 Å². The van der Waals surface area contributed by atoms with Crippen LogP contribution < -0.4 is 5.32 Å². The van der Waals surface area contributed by atoms with Gasteiger partial charge in [0.1, 0.15) is 18.2 Å². The molecule has 1 heterocycles. The lowest BCUT2D eigenvalue weighted by molar-refractivity contribution is -0.131. The number of likely N-dealkylation sites (N-methyl/N-ethyl adjacent to an activating group) is 1. The maximum Gasteiger partial charge on any atom is 0.244 e. The van der Waals surface area contributed by atoms with Crippen LogP contribution in [0, 0.1) is 0 Å². The van der Waals surface area contributed by atoms with E-state index in [4.69, 9.17) is 0 Å². The SMILES string of the molecule is CCN(CC)C(=O)C(C)Nc1ncnc2c1CCCCC2. The molecule has 5 heteroatoms. The first-order valence-electron chi connectivity index (χ1n) is 8.05. The monoisotopic (exact) mass is 290 g/mol. The summed E-state index contributed by atoms with van der Waals surface area (Å²) in [6.45, 7) is 7.40. The molecule has 0 bridgehead atoms. The summed E-state index contributed by atoms with van der Waals surface area (Å²) in [4.78, 5) is 23.0. The highest BCUT2D eigenvalue weighted by Crippen LogP contribution is 2.24. The molecule has 116 valence electrons. The second-order valence-electron chi connectivity index (χ2n) is 5.58. The van der Waals surface area contributed by atoms with Crippen LogP contribution in [0.2, 0.25) is 0 Å². The van der Waals surface area contributed by atoms with Crippen LogP contribution in [0.3, 0.4) is 0 Å². The molecule has 1 atom stereocenters. The van der Waals surface area contributed by atoms with E-state index in [2.05, 4.69) is 15.3 Å². The van der Waals surface area contributed by atoms with E-state index in [1.807, 2.05) is 25.7 Å². The molecule has 0 radical (unpaired) electrons. The second kappa shape index (κ2) is 7.38. The average Bonchev–Trinajstić information content (AvgIpc) is 2.74. The maximum atomic E-state index is 12.4. The first-order valence-corrected chi connectivity index (χ1v) is 8.05. The normalized spacial score (nSPS) is 15.8. The van der Waals surface area contributed by atoms with Gasteiger partial charge >= 0.3 is 0 Å². The van der Waals surface area contributed by atoms with Gasteiger partial charge in [-0.15, -0.1) is 0 Å². The summed E-state index contributed by atoms with van der Waals surface area (Å²) >= 11 is 0. The number of aryl methyl sites for hydroxylation is 1. The number of hydrogen-bond donors (Lipinski definition) is 1. The standard InChI is InChI=1S/C16H26N4O/c1-4-20(5-2)16(21)12(3)19-15-13-9-7-6-8-10-14(13)17-11-18-15/h11-12H,4-10H2,1-3H3,(H,17,18,19). The fraction of sp³-hybridized carbons (Fsp3) is 0.688. The molecule has 0 aliphatic heterocycles. The molecular weight excluding hydrogens is 264 g/mol. The highest BCUT2D eigenvalue weighted by atomic mass is 16.2. The zero-order valence-corrected chi connectivity index (χ0v) is 13.4. The van der Waals surface area contributed by atoms with E-state index in [-0.39, 0.29) is 11.9 Å². The number of amides is 1. The van der Waals surface area contributed by atoms with E-state index in [0.717, 1.165) is 37.4 Å². The predicted molar refractivity (Wildman–Crippen MR) is 84.3 cm³/mol. The molecule has 0 fully saturated rings. The minimum absolute atomic E-state index is 0.126. The molecule has 0 saturated carbocycles. The van der Waals surface area contributed by atoms with Gasteiger partial charge in [0.25, 0.3) is 0 Å². The molecule has 5 nitrogen and oxygen atoms in total. The van der Waals surface area contributed by atoms with E-state index < -0.39 is 0 Å². The number of carbonyl (C=O) groups excluding carboxylic acids is 1. The number of rotatable bonds is 5. The highest BCUT2D eigenvalue weighted by Gasteiger charge is 2.21. The van der Waals surface area contributed by atoms with Crippen molar-refractivity contribution >= 4 is 11.7 Å². The van der Waals surface area contributed by atoms with E-state index in [1.54, 1.807) is 6.33 Å². The number of hydrogen-bond acceptors (Lipinski definition) is 4. The molecule has 0 saturated heterocycles. The molecule has 1 unspecified atom stereocenters. The van der Waals surface area contributed by atoms with Gasteiger partial charge in [-0.25, -0.2) is 9.97 Å². The molecule has 1 aromatic heterocycles. The van der Waals surface area contributed by atoms with Gasteiger partial charge < -0.3 is 10.2 Å². The Hall–Kier alpha value is -1.65. The Bertz CT molecular complexity index is 485. The van der Waals surface area contributed by atoms with Gasteiger partial charge in [-0.3, -0.25) is 4.79 Å². The third kappa shape index (κ3) is 3.71. The van der Waals surface area contributed by atoms with Crippen molar-refractivity contribution in [1.82, 2.24) is 14.9 Å². The summed E-state index contributed by atoms with van der Waals surface area (Å²) in [5.41, 5.74) is 2.35. The molecule has 1 aliphatic carbocycles. The Labute approximate surface area is 127 Å². The first-order chi connectivity index (χ1) is 10.2. The van der Waals surface area contributed by atoms with Crippen molar-refractivity contribution in [3.63, 3.8) is 0 Å². The van der Waals surface area contributed by atoms with Crippen LogP contribution in [0.1, 0.15) is 51.3 Å². The summed E-state index contributed by atoms with van der Waals surface area (Å²) in [5.74, 6) is 0.968. The maximum absolute atomic E-state index is 12.4. The Morgan fingerprint density at radius 1 is 1.24 bits per heavy atom. The molecule has 2 rings (SSSR count). The average molecular weight is 290 g/mol. The molecule has 1 amide bonds. The minimum Gasteiger partial charge on any atom is -0.358 e. The molecule has 1 N–H and O–H groups in total. The zero-order chi connectivity index (χ0) is 15.2. The molecule has 1 aliphatic rings. The van der Waals surface area contributed by atoms with Crippen LogP contribution >= 0.6 is 0 Å². The van der Waals surface area contributed by atoms with Gasteiger partial charge in [0, 0.05) is 24.3 Å². The van der Waals surface area contributed by atoms with E-state index >= 15 is 0 Å². The van der Waals surface area contributed by atoms with Gasteiger partial charge in [0.15, 0.2) is 0 Å². The third-order valence-electron chi connectivity index (χ3n) is 4.17. The molecule has 21 heavy (non-hydrogen) atoms. The fourth-order valence-electron chi connectivity index (χ4n) is 2.90. The smallest absolute Gasteiger partial charge is 0.244 e. The van der Waals surface area contributed by atoms with E-state index in [1.165, 1.54) is 24.8 Å². The van der Waals surface area contributed by atoms with Crippen molar-refractivity contribution in [2.24, 2.45) is 0 Å². The van der Waals surface area contributed by atoms with Crippen LogP contribution in [0.25, 0.3) is 0 Å². The first kappa shape index (κ1) is 15.7. The van der Waals surface area contributed by atoms with Crippen LogP contribution in [-0.4, -0.2) is 39.9 Å². The molecule has 1 aromatic rings. The van der Waals surface area contributed by atoms with Gasteiger partial charge in [-0.05, 0) is 46.5 Å². The van der Waals surface area contributed by atoms with Crippen LogP contribution in [-0.2, 0) is 17.6 Å². The van der Waals surface area contributed by atoms with Crippen molar-refractivity contribution in [3.05, 3.63) is 17.6 Å². The van der Waals surface area contributed by atoms with Crippen molar-refractivity contribution in [2.75, 3.05) is 18.4 Å². The van der Waals surface area contributed by atoms with Crippen molar-refractivity contribution in [3.8, 4) is 0 Å². The quantitative estimate of drug-likeness (QED) is 0.846. The summed E-state index contributed by atoms with van der Waals surface area (Å²) in [7, 11) is 0. The summed E-state index contributed by atoms with van der Waals surface area (Å²) in [5, 5.41) is 3.30. The van der Waals surface area contributed by atoms with Crippen LogP contribution in [0.5, 0.6) is 0 Å². The zero-order valence-electron chi connectivity index (χ0n) is 13.4. The summed E-state index contributed by atoms with van der Waals surface area (Å²) in [6, 6.07) is -0.257. The van der Waals surface area contributed by atoms with Crippen molar-refractivity contribution in [2.45, 2.75) is 58.9 Å². The van der Waals surface area contributed by atoms with Gasteiger partial charge in [-0.2, -0.15) is 0 Å². The lowest BCUT2D eigenvalue weighted by atomic mass is 10.1. The van der Waals surface area contributed by atoms with Crippen LogP contribution in [0.4, 0.5) is 5.82 Å². The summed E-state index contributed by atoms with van der Waals surface area (Å²) in [6.07, 6.45) is 7.24. The number of fused-ring (bicyclic) bond motifs is 1. The lowest BCUT2D eigenvalue weighted by Gasteiger charge is -2.24. The number of nitrogens with zero attached hydrogens (tertiary/aromatic N) is 3. The largest absolute Gasteiger partial charge is 0.358 e. The number of carbonyl (C=O) groups is 1. The molecular formula is C16H26N4O. The summed E-state index contributed by atoms with van der Waals surface area (Å²) < 4.78 is 0. The van der Waals surface area contributed by atoms with Gasteiger partial charge in [0.05, 0.1) is 0 Å². The predicted octanol–water partition coefficient (Wildman–Crippen LogP) is 2.41. The third-order valence-corrected chi connectivity index (χ3v) is 4.17. The van der Waals surface area contributed by atoms with Gasteiger partial charge in [-0.1, -0.05) is 6.42 Å².